The van der Waals surface area contributed by atoms with E-state index < -0.39 is 6.10 Å². The number of hydrogen-bond acceptors (Lipinski definition) is 10. The Labute approximate surface area is 127 Å². The molecular formula is C11H23FN8O2. The lowest BCUT2D eigenvalue weighted by molar-refractivity contribution is 0.156. The molecule has 0 saturated carbocycles. The molecule has 0 aliphatic carbocycles. The molecule has 11 heteroatoms. The van der Waals surface area contributed by atoms with E-state index >= 15 is 0 Å². The molecule has 22 heavy (non-hydrogen) atoms. The van der Waals surface area contributed by atoms with Crippen molar-refractivity contribution in [2.24, 2.45) is 5.84 Å². The molecule has 1 atom stereocenters. The minimum Gasteiger partial charge on any atom is -0.493 e. The summed E-state index contributed by atoms with van der Waals surface area (Å²) in [5.41, 5.74) is 17.9. The lowest BCUT2D eigenvalue weighted by Crippen LogP contribution is -2.62. The maximum atomic E-state index is 13.2. The first-order valence-electron chi connectivity index (χ1n) is 6.70. The van der Waals surface area contributed by atoms with Crippen LogP contribution in [0.1, 0.15) is 12.5 Å². The molecule has 0 heterocycles. The number of hydrazine groups is 7. The van der Waals surface area contributed by atoms with Crippen LogP contribution in [0.5, 0.6) is 5.75 Å². The molecule has 10 nitrogen and oxygen atoms in total. The van der Waals surface area contributed by atoms with E-state index in [0.717, 1.165) is 5.56 Å². The van der Waals surface area contributed by atoms with Crippen LogP contribution in [-0.2, 0) is 6.42 Å². The molecule has 10 N–H and O–H groups in total. The van der Waals surface area contributed by atoms with Gasteiger partial charge in [-0.25, -0.2) is 9.82 Å². The summed E-state index contributed by atoms with van der Waals surface area (Å²) in [5.74, 6) is 5.00. The van der Waals surface area contributed by atoms with Gasteiger partial charge in [-0.15, -0.1) is 0 Å². The van der Waals surface area contributed by atoms with Crippen molar-refractivity contribution in [2.75, 3.05) is 13.2 Å². The second-order valence-electron chi connectivity index (χ2n) is 4.19. The van der Waals surface area contributed by atoms with Crippen molar-refractivity contribution in [3.05, 3.63) is 29.6 Å². The van der Waals surface area contributed by atoms with E-state index in [1.54, 1.807) is 6.07 Å². The zero-order valence-electron chi connectivity index (χ0n) is 12.2. The van der Waals surface area contributed by atoms with Crippen molar-refractivity contribution in [3.8, 4) is 5.75 Å². The molecule has 1 aromatic rings. The van der Waals surface area contributed by atoms with Crippen LogP contribution >= 0.6 is 0 Å². The molecule has 0 aliphatic heterocycles. The summed E-state index contributed by atoms with van der Waals surface area (Å²) in [6.45, 7) is 2.50. The van der Waals surface area contributed by atoms with Crippen LogP contribution in [0.4, 0.5) is 4.39 Å². The predicted molar refractivity (Wildman–Crippen MR) is 78.3 cm³/mol. The Hall–Kier alpha value is -1.41. The highest BCUT2D eigenvalue weighted by molar-refractivity contribution is 5.34. The van der Waals surface area contributed by atoms with Crippen LogP contribution in [0.2, 0.25) is 0 Å². The van der Waals surface area contributed by atoms with Gasteiger partial charge in [0, 0.05) is 19.0 Å². The largest absolute Gasteiger partial charge is 0.493 e. The van der Waals surface area contributed by atoms with E-state index in [2.05, 4.69) is 38.6 Å². The topological polar surface area (TPSA) is 140 Å². The van der Waals surface area contributed by atoms with Crippen molar-refractivity contribution in [2.45, 2.75) is 19.4 Å². The molecule has 1 unspecified atom stereocenters. The number of aliphatic hydroxyl groups is 1. The first kappa shape index (κ1) is 18.6. The normalized spacial score (nSPS) is 12.4. The zero-order valence-corrected chi connectivity index (χ0v) is 12.2. The minimum atomic E-state index is -0.684. The van der Waals surface area contributed by atoms with Gasteiger partial charge in [0.2, 0.25) is 0 Å². The molecule has 0 aromatic heterocycles. The van der Waals surface area contributed by atoms with Gasteiger partial charge in [-0.2, -0.15) is 33.2 Å². The van der Waals surface area contributed by atoms with E-state index in [1.807, 2.05) is 6.92 Å². The molecule has 0 fully saturated rings. The number of nitrogens with one attached hydrogen (secondary N) is 7. The Morgan fingerprint density at radius 1 is 1.23 bits per heavy atom. The summed E-state index contributed by atoms with van der Waals surface area (Å²) in [4.78, 5) is 0. The molecule has 0 saturated heterocycles. The Morgan fingerprint density at radius 2 is 1.95 bits per heavy atom. The van der Waals surface area contributed by atoms with Crippen LogP contribution in [0, 0.1) is 5.82 Å². The summed E-state index contributed by atoms with van der Waals surface area (Å²) in [6.07, 6.45) is -0.356. The maximum Gasteiger partial charge on any atom is 0.126 e. The standard InChI is InChI=1S/C11H23FN8O2/c1-2-22-11-6-9(12)4-3-8(11)5-10(21)7-14-16-18-20-19-17-15-13/h3-4,6,10,14-21H,2,5,7,13H2,1H3. The second-order valence-corrected chi connectivity index (χ2v) is 4.19. The Kier molecular flexibility index (Phi) is 9.49. The van der Waals surface area contributed by atoms with Gasteiger partial charge in [-0.3, -0.25) is 5.84 Å². The quantitative estimate of drug-likeness (QED) is 0.117. The molecule has 0 radical (unpaired) electrons. The first-order valence-corrected chi connectivity index (χ1v) is 6.70. The number of aliphatic hydroxyl groups excluding tert-OH is 1. The van der Waals surface area contributed by atoms with Crippen LogP contribution in [0.3, 0.4) is 0 Å². The second kappa shape index (κ2) is 11.2. The third-order valence-corrected chi connectivity index (χ3v) is 2.53. The number of hydrogen-bond donors (Lipinski definition) is 9. The van der Waals surface area contributed by atoms with E-state index in [0.29, 0.717) is 18.8 Å². The Morgan fingerprint density at radius 3 is 2.68 bits per heavy atom. The fourth-order valence-electron chi connectivity index (χ4n) is 1.66. The van der Waals surface area contributed by atoms with Crippen LogP contribution in [0.25, 0.3) is 0 Å². The van der Waals surface area contributed by atoms with E-state index in [-0.39, 0.29) is 12.4 Å². The highest BCUT2D eigenvalue weighted by atomic mass is 19.1. The Bertz CT molecular complexity index is 425. The van der Waals surface area contributed by atoms with Crippen molar-refractivity contribution in [3.63, 3.8) is 0 Å². The molecule has 0 bridgehead atoms. The molecule has 0 amide bonds. The zero-order chi connectivity index (χ0) is 16.2. The van der Waals surface area contributed by atoms with Gasteiger partial charge in [-0.05, 0) is 18.6 Å². The number of ether oxygens (including phenoxy) is 1. The van der Waals surface area contributed by atoms with Gasteiger partial charge in [0.05, 0.1) is 12.7 Å². The lowest BCUT2D eigenvalue weighted by atomic mass is 10.1. The van der Waals surface area contributed by atoms with E-state index in [9.17, 15) is 9.50 Å². The summed E-state index contributed by atoms with van der Waals surface area (Å²) < 4.78 is 18.5. The first-order chi connectivity index (χ1) is 10.7. The van der Waals surface area contributed by atoms with Gasteiger partial charge < -0.3 is 9.84 Å². The summed E-state index contributed by atoms with van der Waals surface area (Å²) >= 11 is 0. The van der Waals surface area contributed by atoms with Crippen molar-refractivity contribution >= 4 is 0 Å². The van der Waals surface area contributed by atoms with Crippen LogP contribution in [0.15, 0.2) is 18.2 Å². The molecule has 1 aromatic carbocycles. The summed E-state index contributed by atoms with van der Waals surface area (Å²) in [6, 6.07) is 4.25. The van der Waals surface area contributed by atoms with Crippen LogP contribution < -0.4 is 49.2 Å². The summed E-state index contributed by atoms with van der Waals surface area (Å²) in [5, 5.41) is 9.95. The fourth-order valence-corrected chi connectivity index (χ4v) is 1.66. The third-order valence-electron chi connectivity index (χ3n) is 2.53. The number of nitrogens with two attached hydrogens (primary N) is 1. The van der Waals surface area contributed by atoms with Crippen molar-refractivity contribution in [1.29, 1.82) is 0 Å². The van der Waals surface area contributed by atoms with Crippen LogP contribution in [-0.4, -0.2) is 24.4 Å². The van der Waals surface area contributed by atoms with Gasteiger partial charge in [0.1, 0.15) is 11.6 Å². The molecule has 0 spiro atoms. The number of halogens is 1. The highest BCUT2D eigenvalue weighted by Gasteiger charge is 2.11. The highest BCUT2D eigenvalue weighted by Crippen LogP contribution is 2.21. The van der Waals surface area contributed by atoms with E-state index in [1.165, 1.54) is 12.1 Å². The predicted octanol–water partition coefficient (Wildman–Crippen LogP) is -2.38. The molecule has 126 valence electrons. The van der Waals surface area contributed by atoms with Gasteiger partial charge in [-0.1, -0.05) is 6.07 Å². The summed E-state index contributed by atoms with van der Waals surface area (Å²) in [7, 11) is 0. The fraction of sp³-hybridized carbons (Fsp3) is 0.455. The Balaban J connectivity index is 2.28. The smallest absolute Gasteiger partial charge is 0.126 e. The average molecular weight is 318 g/mol. The van der Waals surface area contributed by atoms with Gasteiger partial charge in [0.25, 0.3) is 0 Å². The molecule has 1 rings (SSSR count). The third kappa shape index (κ3) is 7.56. The SMILES string of the molecule is CCOc1cc(F)ccc1CC(O)CNNNNNNNN. The number of rotatable bonds is 12. The maximum absolute atomic E-state index is 13.2. The number of benzene rings is 1. The van der Waals surface area contributed by atoms with Gasteiger partial charge >= 0.3 is 0 Å². The van der Waals surface area contributed by atoms with Gasteiger partial charge in [0.15, 0.2) is 0 Å². The average Bonchev–Trinajstić information content (AvgIpc) is 2.49. The van der Waals surface area contributed by atoms with Crippen molar-refractivity contribution < 1.29 is 14.2 Å². The minimum absolute atomic E-state index is 0.250. The molecule has 0 aliphatic rings. The van der Waals surface area contributed by atoms with E-state index in [4.69, 9.17) is 10.6 Å². The van der Waals surface area contributed by atoms with Crippen molar-refractivity contribution in [1.82, 2.24) is 38.6 Å². The lowest BCUT2D eigenvalue weighted by Gasteiger charge is -2.16. The molecular weight excluding hydrogens is 295 g/mol. The monoisotopic (exact) mass is 318 g/mol.